The van der Waals surface area contributed by atoms with Crippen LogP contribution in [0.3, 0.4) is 0 Å². The maximum Gasteiger partial charge on any atom is 0.248 e. The second-order valence-electron chi connectivity index (χ2n) is 3.19. The van der Waals surface area contributed by atoms with Crippen LogP contribution in [0.4, 0.5) is 0 Å². The minimum absolute atomic E-state index is 0.0336. The number of rotatable bonds is 0. The van der Waals surface area contributed by atoms with Gasteiger partial charge >= 0.3 is 0 Å². The van der Waals surface area contributed by atoms with E-state index in [0.29, 0.717) is 5.70 Å². The van der Waals surface area contributed by atoms with E-state index in [1.54, 1.807) is 19.1 Å². The summed E-state index contributed by atoms with van der Waals surface area (Å²) < 4.78 is 0. The summed E-state index contributed by atoms with van der Waals surface area (Å²) in [6.45, 7) is 1.80. The van der Waals surface area contributed by atoms with Crippen LogP contribution < -0.4 is 5.32 Å². The number of nitrogens with one attached hydrogen (secondary N) is 1. The summed E-state index contributed by atoms with van der Waals surface area (Å²) in [4.78, 5) is 22.5. The molecule has 3 heteroatoms. The Morgan fingerprint density at radius 3 is 2.92 bits per heavy atom. The SMILES string of the molecule is CC1=CC(=O)NC2=CC=CC(=O)C12. The molecule has 3 nitrogen and oxygen atoms in total. The summed E-state index contributed by atoms with van der Waals surface area (Å²) in [7, 11) is 0. The second-order valence-corrected chi connectivity index (χ2v) is 3.19. The molecule has 0 fully saturated rings. The van der Waals surface area contributed by atoms with Gasteiger partial charge in [-0.2, -0.15) is 0 Å². The molecule has 66 valence electrons. The van der Waals surface area contributed by atoms with Gasteiger partial charge in [0.1, 0.15) is 0 Å². The number of allylic oxidation sites excluding steroid dienone is 4. The predicted molar refractivity (Wildman–Crippen MR) is 47.6 cm³/mol. The molecule has 2 rings (SSSR count). The number of carbonyl (C=O) groups excluding carboxylic acids is 2. The van der Waals surface area contributed by atoms with Gasteiger partial charge in [0, 0.05) is 11.8 Å². The Labute approximate surface area is 75.8 Å². The van der Waals surface area contributed by atoms with Crippen LogP contribution in [0.5, 0.6) is 0 Å². The highest BCUT2D eigenvalue weighted by Crippen LogP contribution is 2.25. The number of ketones is 1. The normalized spacial score (nSPS) is 26.1. The molecule has 0 aromatic rings. The van der Waals surface area contributed by atoms with E-state index in [-0.39, 0.29) is 17.6 Å². The van der Waals surface area contributed by atoms with E-state index in [1.165, 1.54) is 12.2 Å². The number of fused-ring (bicyclic) bond motifs is 1. The maximum atomic E-state index is 11.4. The monoisotopic (exact) mass is 175 g/mol. The van der Waals surface area contributed by atoms with Gasteiger partial charge in [0.15, 0.2) is 5.78 Å². The molecule has 1 aliphatic heterocycles. The molecule has 1 N–H and O–H groups in total. The zero-order valence-electron chi connectivity index (χ0n) is 7.20. The number of amides is 1. The Balaban J connectivity index is 2.47. The molecule has 0 radical (unpaired) electrons. The smallest absolute Gasteiger partial charge is 0.248 e. The summed E-state index contributed by atoms with van der Waals surface area (Å²) in [5.74, 6) is -0.378. The van der Waals surface area contributed by atoms with Gasteiger partial charge in [0.2, 0.25) is 5.91 Å². The van der Waals surface area contributed by atoms with Crippen LogP contribution in [-0.4, -0.2) is 11.7 Å². The van der Waals surface area contributed by atoms with Crippen molar-refractivity contribution in [2.45, 2.75) is 6.92 Å². The lowest BCUT2D eigenvalue weighted by molar-refractivity contribution is -0.118. The van der Waals surface area contributed by atoms with Crippen molar-refractivity contribution < 1.29 is 9.59 Å². The van der Waals surface area contributed by atoms with Crippen molar-refractivity contribution >= 4 is 11.7 Å². The summed E-state index contributed by atoms with van der Waals surface area (Å²) in [5, 5.41) is 2.65. The van der Waals surface area contributed by atoms with Crippen molar-refractivity contribution in [2.75, 3.05) is 0 Å². The molecule has 0 bridgehead atoms. The largest absolute Gasteiger partial charge is 0.325 e. The van der Waals surface area contributed by atoms with Crippen LogP contribution >= 0.6 is 0 Å². The van der Waals surface area contributed by atoms with E-state index in [9.17, 15) is 9.59 Å². The van der Waals surface area contributed by atoms with Gasteiger partial charge in [-0.3, -0.25) is 9.59 Å². The third kappa shape index (κ3) is 1.22. The first-order valence-corrected chi connectivity index (χ1v) is 4.10. The van der Waals surface area contributed by atoms with Gasteiger partial charge in [-0.25, -0.2) is 0 Å². The zero-order chi connectivity index (χ0) is 9.42. The van der Waals surface area contributed by atoms with Gasteiger partial charge in [0.25, 0.3) is 0 Å². The quantitative estimate of drug-likeness (QED) is 0.589. The minimum Gasteiger partial charge on any atom is -0.325 e. The van der Waals surface area contributed by atoms with Gasteiger partial charge in [-0.1, -0.05) is 11.6 Å². The Kier molecular flexibility index (Phi) is 1.65. The molecule has 1 unspecified atom stereocenters. The highest BCUT2D eigenvalue weighted by Gasteiger charge is 2.29. The Hall–Kier alpha value is -1.64. The van der Waals surface area contributed by atoms with Crippen molar-refractivity contribution in [1.82, 2.24) is 5.32 Å². The van der Waals surface area contributed by atoms with E-state index in [0.717, 1.165) is 5.57 Å². The first-order valence-electron chi connectivity index (χ1n) is 4.10. The molecule has 1 atom stereocenters. The number of hydrogen-bond donors (Lipinski definition) is 1. The van der Waals surface area contributed by atoms with Gasteiger partial charge in [-0.05, 0) is 19.1 Å². The van der Waals surface area contributed by atoms with Crippen LogP contribution in [0, 0.1) is 5.92 Å². The van der Waals surface area contributed by atoms with Crippen molar-refractivity contribution in [3.63, 3.8) is 0 Å². The number of hydrogen-bond acceptors (Lipinski definition) is 2. The lowest BCUT2D eigenvalue weighted by Gasteiger charge is -2.25. The van der Waals surface area contributed by atoms with E-state index in [4.69, 9.17) is 0 Å². The topological polar surface area (TPSA) is 46.2 Å². The first kappa shape index (κ1) is 7.98. The molecule has 0 spiro atoms. The molecular weight excluding hydrogens is 166 g/mol. The summed E-state index contributed by atoms with van der Waals surface area (Å²) in [6, 6.07) is 0. The lowest BCUT2D eigenvalue weighted by Crippen LogP contribution is -2.35. The first-order chi connectivity index (χ1) is 6.18. The average molecular weight is 175 g/mol. The average Bonchev–Trinajstić information content (AvgIpc) is 2.02. The summed E-state index contributed by atoms with van der Waals surface area (Å²) >= 11 is 0. The molecule has 1 aliphatic carbocycles. The zero-order valence-corrected chi connectivity index (χ0v) is 7.20. The minimum atomic E-state index is -0.261. The Morgan fingerprint density at radius 2 is 2.15 bits per heavy atom. The van der Waals surface area contributed by atoms with Gasteiger partial charge in [0.05, 0.1) is 5.92 Å². The fourth-order valence-corrected chi connectivity index (χ4v) is 1.64. The molecular formula is C10H9NO2. The molecule has 1 amide bonds. The van der Waals surface area contributed by atoms with E-state index in [2.05, 4.69) is 5.32 Å². The standard InChI is InChI=1S/C10H9NO2/c1-6-5-9(13)11-7-3-2-4-8(12)10(6)7/h2-5,10H,1H3,(H,11,13). The summed E-state index contributed by atoms with van der Waals surface area (Å²) in [5.41, 5.74) is 1.50. The van der Waals surface area contributed by atoms with Crippen LogP contribution in [-0.2, 0) is 9.59 Å². The molecule has 0 saturated carbocycles. The van der Waals surface area contributed by atoms with Crippen molar-refractivity contribution in [3.8, 4) is 0 Å². The molecule has 13 heavy (non-hydrogen) atoms. The van der Waals surface area contributed by atoms with E-state index in [1.807, 2.05) is 0 Å². The molecule has 0 aromatic heterocycles. The van der Waals surface area contributed by atoms with Crippen LogP contribution in [0.15, 0.2) is 35.6 Å². The van der Waals surface area contributed by atoms with Crippen LogP contribution in [0.2, 0.25) is 0 Å². The molecule has 1 heterocycles. The second kappa shape index (κ2) is 2.69. The van der Waals surface area contributed by atoms with Crippen LogP contribution in [0.1, 0.15) is 6.92 Å². The van der Waals surface area contributed by atoms with Crippen molar-refractivity contribution in [3.05, 3.63) is 35.6 Å². The summed E-state index contributed by atoms with van der Waals surface area (Å²) in [6.07, 6.45) is 6.43. The molecule has 0 aromatic carbocycles. The third-order valence-corrected chi connectivity index (χ3v) is 2.21. The highest BCUT2D eigenvalue weighted by atomic mass is 16.2. The van der Waals surface area contributed by atoms with Crippen molar-refractivity contribution in [1.29, 1.82) is 0 Å². The maximum absolute atomic E-state index is 11.4. The fourth-order valence-electron chi connectivity index (χ4n) is 1.64. The lowest BCUT2D eigenvalue weighted by atomic mass is 9.86. The van der Waals surface area contributed by atoms with Crippen LogP contribution in [0.25, 0.3) is 0 Å². The van der Waals surface area contributed by atoms with Gasteiger partial charge in [-0.15, -0.1) is 0 Å². The fraction of sp³-hybridized carbons (Fsp3) is 0.200. The van der Waals surface area contributed by atoms with Gasteiger partial charge < -0.3 is 5.32 Å². The Bertz CT molecular complexity index is 374. The molecule has 2 aliphatic rings. The van der Waals surface area contributed by atoms with Crippen molar-refractivity contribution in [2.24, 2.45) is 5.92 Å². The van der Waals surface area contributed by atoms with E-state index >= 15 is 0 Å². The number of carbonyl (C=O) groups is 2. The Morgan fingerprint density at radius 1 is 1.38 bits per heavy atom. The third-order valence-electron chi connectivity index (χ3n) is 2.21. The molecule has 0 saturated heterocycles. The van der Waals surface area contributed by atoms with E-state index < -0.39 is 0 Å². The highest BCUT2D eigenvalue weighted by molar-refractivity contribution is 6.02. The predicted octanol–water partition coefficient (Wildman–Crippen LogP) is 0.702.